The SMILES string of the molecule is CN=C(NCCn1c(C)nc2ccccc21)N1CCC(OCC2CCCCO2)CC1.I. The van der Waals surface area contributed by atoms with Gasteiger partial charge in [-0.2, -0.15) is 0 Å². The van der Waals surface area contributed by atoms with E-state index in [1.165, 1.54) is 18.4 Å². The maximum Gasteiger partial charge on any atom is 0.193 e. The van der Waals surface area contributed by atoms with Gasteiger partial charge in [-0.25, -0.2) is 4.98 Å². The third-order valence-corrected chi connectivity index (χ3v) is 6.21. The fraction of sp³-hybridized carbons (Fsp3) is 0.652. The minimum Gasteiger partial charge on any atom is -0.376 e. The van der Waals surface area contributed by atoms with Crippen LogP contribution in [0.1, 0.15) is 37.9 Å². The highest BCUT2D eigenvalue weighted by Gasteiger charge is 2.23. The number of aliphatic imine (C=N–C) groups is 1. The third-order valence-electron chi connectivity index (χ3n) is 6.21. The number of hydrogen-bond acceptors (Lipinski definition) is 4. The average Bonchev–Trinajstić information content (AvgIpc) is 3.11. The van der Waals surface area contributed by atoms with Crippen molar-refractivity contribution in [2.45, 2.75) is 57.8 Å². The van der Waals surface area contributed by atoms with Crippen LogP contribution in [0.25, 0.3) is 11.0 Å². The van der Waals surface area contributed by atoms with Crippen molar-refractivity contribution in [2.75, 3.05) is 39.9 Å². The fourth-order valence-electron chi connectivity index (χ4n) is 4.51. The molecule has 172 valence electrons. The zero-order chi connectivity index (χ0) is 20.8. The number of para-hydroxylation sites is 2. The van der Waals surface area contributed by atoms with Gasteiger partial charge in [-0.3, -0.25) is 4.99 Å². The van der Waals surface area contributed by atoms with Crippen LogP contribution in [-0.4, -0.2) is 72.5 Å². The summed E-state index contributed by atoms with van der Waals surface area (Å²) in [7, 11) is 1.86. The molecule has 1 unspecified atom stereocenters. The number of nitrogens with one attached hydrogen (secondary N) is 1. The third kappa shape index (κ3) is 6.32. The molecule has 2 aliphatic rings. The summed E-state index contributed by atoms with van der Waals surface area (Å²) in [5, 5.41) is 3.53. The number of rotatable bonds is 6. The topological polar surface area (TPSA) is 63.9 Å². The van der Waals surface area contributed by atoms with Crippen molar-refractivity contribution in [3.8, 4) is 0 Å². The molecule has 31 heavy (non-hydrogen) atoms. The average molecular weight is 541 g/mol. The van der Waals surface area contributed by atoms with E-state index in [1.54, 1.807) is 0 Å². The quantitative estimate of drug-likeness (QED) is 0.344. The first-order valence-electron chi connectivity index (χ1n) is 11.4. The lowest BCUT2D eigenvalue weighted by Crippen LogP contribution is -2.47. The molecule has 1 N–H and O–H groups in total. The number of halogens is 1. The molecule has 0 bridgehead atoms. The molecule has 4 rings (SSSR count). The van der Waals surface area contributed by atoms with Crippen LogP contribution < -0.4 is 5.32 Å². The summed E-state index contributed by atoms with van der Waals surface area (Å²) in [6, 6.07) is 8.30. The van der Waals surface area contributed by atoms with Crippen LogP contribution in [0.2, 0.25) is 0 Å². The van der Waals surface area contributed by atoms with Crippen molar-refractivity contribution >= 4 is 41.0 Å². The number of piperidine rings is 1. The highest BCUT2D eigenvalue weighted by Crippen LogP contribution is 2.18. The molecule has 0 saturated carbocycles. The van der Waals surface area contributed by atoms with Crippen molar-refractivity contribution in [1.29, 1.82) is 0 Å². The van der Waals surface area contributed by atoms with E-state index >= 15 is 0 Å². The summed E-state index contributed by atoms with van der Waals surface area (Å²) in [6.45, 7) is 7.35. The molecular weight excluding hydrogens is 505 g/mol. The molecule has 2 saturated heterocycles. The van der Waals surface area contributed by atoms with Gasteiger partial charge in [0.05, 0.1) is 29.8 Å². The van der Waals surface area contributed by atoms with Gasteiger partial charge < -0.3 is 24.3 Å². The first-order valence-corrected chi connectivity index (χ1v) is 11.4. The Bertz CT molecular complexity index is 842. The van der Waals surface area contributed by atoms with Crippen LogP contribution in [0, 0.1) is 6.92 Å². The van der Waals surface area contributed by atoms with E-state index in [0.29, 0.717) is 12.2 Å². The Morgan fingerprint density at radius 1 is 1.23 bits per heavy atom. The highest BCUT2D eigenvalue weighted by atomic mass is 127. The number of likely N-dealkylation sites (tertiary alicyclic amines) is 1. The van der Waals surface area contributed by atoms with E-state index in [2.05, 4.69) is 49.9 Å². The Kier molecular flexibility index (Phi) is 9.40. The number of aromatic nitrogens is 2. The second-order valence-electron chi connectivity index (χ2n) is 8.28. The van der Waals surface area contributed by atoms with E-state index in [1.807, 2.05) is 13.1 Å². The number of fused-ring (bicyclic) bond motifs is 1. The normalized spacial score (nSPS) is 20.6. The van der Waals surface area contributed by atoms with Gasteiger partial charge >= 0.3 is 0 Å². The molecule has 2 aliphatic heterocycles. The van der Waals surface area contributed by atoms with E-state index in [4.69, 9.17) is 9.47 Å². The smallest absolute Gasteiger partial charge is 0.193 e. The lowest BCUT2D eigenvalue weighted by Gasteiger charge is -2.35. The van der Waals surface area contributed by atoms with E-state index < -0.39 is 0 Å². The van der Waals surface area contributed by atoms with Crippen LogP contribution in [-0.2, 0) is 16.0 Å². The monoisotopic (exact) mass is 541 g/mol. The predicted octanol–water partition coefficient (Wildman–Crippen LogP) is 3.59. The van der Waals surface area contributed by atoms with E-state index in [0.717, 1.165) is 76.0 Å². The van der Waals surface area contributed by atoms with Crippen LogP contribution in [0.15, 0.2) is 29.3 Å². The van der Waals surface area contributed by atoms with Gasteiger partial charge in [0.25, 0.3) is 0 Å². The van der Waals surface area contributed by atoms with Gasteiger partial charge in [0.1, 0.15) is 5.82 Å². The second-order valence-corrected chi connectivity index (χ2v) is 8.28. The molecule has 3 heterocycles. The van der Waals surface area contributed by atoms with Crippen molar-refractivity contribution < 1.29 is 9.47 Å². The second kappa shape index (κ2) is 12.0. The molecule has 2 aromatic rings. The summed E-state index contributed by atoms with van der Waals surface area (Å²) in [4.78, 5) is 11.5. The Labute approximate surface area is 202 Å². The van der Waals surface area contributed by atoms with Crippen molar-refractivity contribution in [3.63, 3.8) is 0 Å². The maximum atomic E-state index is 6.15. The van der Waals surface area contributed by atoms with Crippen LogP contribution in [0.3, 0.4) is 0 Å². The van der Waals surface area contributed by atoms with E-state index in [-0.39, 0.29) is 24.0 Å². The maximum absolute atomic E-state index is 6.15. The highest BCUT2D eigenvalue weighted by molar-refractivity contribution is 14.0. The number of hydrogen-bond donors (Lipinski definition) is 1. The molecule has 1 aromatic heterocycles. The summed E-state index contributed by atoms with van der Waals surface area (Å²) >= 11 is 0. The Hall–Kier alpha value is -1.39. The minimum absolute atomic E-state index is 0. The number of guanidine groups is 1. The summed E-state index contributed by atoms with van der Waals surface area (Å²) in [5.41, 5.74) is 2.24. The van der Waals surface area contributed by atoms with Gasteiger partial charge in [0.15, 0.2) is 5.96 Å². The zero-order valence-electron chi connectivity index (χ0n) is 18.8. The van der Waals surface area contributed by atoms with Crippen LogP contribution in [0.5, 0.6) is 0 Å². The van der Waals surface area contributed by atoms with Gasteiger partial charge in [0, 0.05) is 39.8 Å². The molecule has 0 radical (unpaired) electrons. The van der Waals surface area contributed by atoms with Gasteiger partial charge in [-0.15, -0.1) is 24.0 Å². The lowest BCUT2D eigenvalue weighted by atomic mass is 10.1. The zero-order valence-corrected chi connectivity index (χ0v) is 21.1. The Morgan fingerprint density at radius 3 is 2.77 bits per heavy atom. The molecular formula is C23H36IN5O2. The first-order chi connectivity index (χ1) is 14.7. The fourth-order valence-corrected chi connectivity index (χ4v) is 4.51. The summed E-state index contributed by atoms with van der Waals surface area (Å²) in [6.07, 6.45) is 6.32. The summed E-state index contributed by atoms with van der Waals surface area (Å²) in [5.74, 6) is 2.03. The number of nitrogens with zero attached hydrogens (tertiary/aromatic N) is 4. The molecule has 1 atom stereocenters. The van der Waals surface area contributed by atoms with E-state index in [9.17, 15) is 0 Å². The molecule has 0 aliphatic carbocycles. The predicted molar refractivity (Wildman–Crippen MR) is 135 cm³/mol. The Balaban J connectivity index is 0.00000272. The van der Waals surface area contributed by atoms with Gasteiger partial charge in [-0.1, -0.05) is 12.1 Å². The molecule has 0 spiro atoms. The van der Waals surface area contributed by atoms with Crippen LogP contribution in [0.4, 0.5) is 0 Å². The first kappa shape index (κ1) is 24.3. The Morgan fingerprint density at radius 2 is 2.03 bits per heavy atom. The lowest BCUT2D eigenvalue weighted by molar-refractivity contribution is -0.0721. The molecule has 2 fully saturated rings. The molecule has 7 nitrogen and oxygen atoms in total. The molecule has 8 heteroatoms. The largest absolute Gasteiger partial charge is 0.376 e. The van der Waals surface area contributed by atoms with Gasteiger partial charge in [0.2, 0.25) is 0 Å². The number of aryl methyl sites for hydroxylation is 1. The molecule has 0 amide bonds. The van der Waals surface area contributed by atoms with Crippen LogP contribution >= 0.6 is 24.0 Å². The van der Waals surface area contributed by atoms with Crippen molar-refractivity contribution in [1.82, 2.24) is 19.8 Å². The standard InChI is InChI=1S/C23H35N5O2.HI/c1-18-26-21-8-3-4-9-22(21)28(18)15-12-25-23(24-2)27-13-10-19(11-14-27)30-17-20-7-5-6-16-29-20;/h3-4,8-9,19-20H,5-7,10-17H2,1-2H3,(H,24,25);1H. The van der Waals surface area contributed by atoms with Crippen molar-refractivity contribution in [2.24, 2.45) is 4.99 Å². The van der Waals surface area contributed by atoms with Gasteiger partial charge in [-0.05, 0) is 51.2 Å². The minimum atomic E-state index is 0. The molecule has 1 aromatic carbocycles. The number of ether oxygens (including phenoxy) is 2. The van der Waals surface area contributed by atoms with Crippen molar-refractivity contribution in [3.05, 3.63) is 30.1 Å². The summed E-state index contributed by atoms with van der Waals surface area (Å²) < 4.78 is 14.2. The number of imidazole rings is 1. The number of benzene rings is 1.